The van der Waals surface area contributed by atoms with E-state index < -0.39 is 0 Å². The van der Waals surface area contributed by atoms with Gasteiger partial charge < -0.3 is 9.84 Å². The lowest BCUT2D eigenvalue weighted by atomic mass is 10.1. The molecule has 0 aliphatic heterocycles. The molecule has 0 saturated carbocycles. The summed E-state index contributed by atoms with van der Waals surface area (Å²) in [5, 5.41) is 10.8. The molecule has 25 heavy (non-hydrogen) atoms. The first-order valence-electron chi connectivity index (χ1n) is 7.64. The first kappa shape index (κ1) is 15.0. The summed E-state index contributed by atoms with van der Waals surface area (Å²) in [5.41, 5.74) is 3.01. The molecule has 1 N–H and O–H groups in total. The van der Waals surface area contributed by atoms with Crippen molar-refractivity contribution in [2.24, 2.45) is 0 Å². The molecular weight excluding hydrogens is 320 g/mol. The number of carbonyl (C=O) groups excluding carboxylic acids is 1. The normalized spacial score (nSPS) is 11.0. The average Bonchev–Trinajstić information content (AvgIpc) is 3.23. The number of amides is 1. The van der Waals surface area contributed by atoms with Gasteiger partial charge in [-0.15, -0.1) is 0 Å². The van der Waals surface area contributed by atoms with E-state index in [2.05, 4.69) is 25.5 Å². The molecule has 4 aromatic rings. The van der Waals surface area contributed by atoms with Crippen molar-refractivity contribution in [3.05, 3.63) is 59.9 Å². The minimum Gasteiger partial charge on any atom is -0.359 e. The minimum atomic E-state index is -0.343. The van der Waals surface area contributed by atoms with Crippen molar-refractivity contribution in [3.8, 4) is 11.3 Å². The highest BCUT2D eigenvalue weighted by molar-refractivity contribution is 6.04. The van der Waals surface area contributed by atoms with Crippen LogP contribution in [-0.2, 0) is 0 Å². The molecule has 0 radical (unpaired) electrons. The van der Waals surface area contributed by atoms with Crippen molar-refractivity contribution in [2.45, 2.75) is 13.8 Å². The minimum absolute atomic E-state index is 0.321. The summed E-state index contributed by atoms with van der Waals surface area (Å²) in [4.78, 5) is 21.4. The summed E-state index contributed by atoms with van der Waals surface area (Å²) in [5.74, 6) is 0.549. The molecule has 0 spiro atoms. The number of nitrogens with zero attached hydrogens (tertiary/aromatic N) is 5. The molecule has 1 aromatic carbocycles. The molecule has 8 heteroatoms. The fraction of sp³-hybridized carbons (Fsp3) is 0.118. The first-order valence-corrected chi connectivity index (χ1v) is 7.64. The molecule has 0 unspecified atom stereocenters. The highest BCUT2D eigenvalue weighted by Crippen LogP contribution is 2.22. The van der Waals surface area contributed by atoms with Gasteiger partial charge in [0.2, 0.25) is 0 Å². The Morgan fingerprint density at radius 1 is 1.20 bits per heavy atom. The van der Waals surface area contributed by atoms with Gasteiger partial charge in [0.15, 0.2) is 5.76 Å². The molecule has 0 aliphatic carbocycles. The third-order valence-electron chi connectivity index (χ3n) is 3.83. The van der Waals surface area contributed by atoms with Crippen LogP contribution < -0.4 is 5.32 Å². The Balaban J connectivity index is 1.80. The smallest absolute Gasteiger partial charge is 0.274 e. The van der Waals surface area contributed by atoms with Gasteiger partial charge in [0, 0.05) is 5.56 Å². The average molecular weight is 334 g/mol. The van der Waals surface area contributed by atoms with Crippen molar-refractivity contribution in [2.75, 3.05) is 5.32 Å². The Morgan fingerprint density at radius 2 is 2.00 bits per heavy atom. The summed E-state index contributed by atoms with van der Waals surface area (Å²) in [6, 6.07) is 11.3. The molecule has 124 valence electrons. The van der Waals surface area contributed by atoms with Gasteiger partial charge in [0.25, 0.3) is 11.7 Å². The van der Waals surface area contributed by atoms with E-state index in [1.165, 1.54) is 10.8 Å². The van der Waals surface area contributed by atoms with E-state index >= 15 is 0 Å². The number of rotatable bonds is 3. The van der Waals surface area contributed by atoms with Gasteiger partial charge in [-0.2, -0.15) is 14.6 Å². The Labute approximate surface area is 142 Å². The van der Waals surface area contributed by atoms with Crippen molar-refractivity contribution in [1.82, 2.24) is 24.7 Å². The third-order valence-corrected chi connectivity index (χ3v) is 3.83. The quantitative estimate of drug-likeness (QED) is 0.618. The Morgan fingerprint density at radius 3 is 2.72 bits per heavy atom. The lowest BCUT2D eigenvalue weighted by Gasteiger charge is -2.08. The molecule has 1 amide bonds. The Bertz CT molecular complexity index is 1050. The Kier molecular flexibility index (Phi) is 3.50. The zero-order chi connectivity index (χ0) is 17.4. The molecule has 8 nitrogen and oxygen atoms in total. The largest absolute Gasteiger partial charge is 0.359 e. The standard InChI is InChI=1S/C17H14N6O2/c1-10-15(11(2)25-22-10)21-16(24)14-8-13(12-6-4-3-5-7-12)20-17-18-9-19-23(14)17/h3-9H,1-2H3,(H,21,24). The number of hydrogen-bond donors (Lipinski definition) is 1. The summed E-state index contributed by atoms with van der Waals surface area (Å²) in [6.07, 6.45) is 1.36. The number of aryl methyl sites for hydroxylation is 2. The molecule has 0 fully saturated rings. The number of benzene rings is 1. The SMILES string of the molecule is Cc1noc(C)c1NC(=O)c1cc(-c2ccccc2)nc2ncnn12. The van der Waals surface area contributed by atoms with E-state index in [0.29, 0.717) is 34.3 Å². The molecule has 3 aromatic heterocycles. The van der Waals surface area contributed by atoms with Crippen LogP contribution in [0.15, 0.2) is 47.2 Å². The summed E-state index contributed by atoms with van der Waals surface area (Å²) < 4.78 is 6.49. The van der Waals surface area contributed by atoms with Crippen LogP contribution in [0.3, 0.4) is 0 Å². The van der Waals surface area contributed by atoms with E-state index in [0.717, 1.165) is 5.56 Å². The van der Waals surface area contributed by atoms with Crippen LogP contribution in [0.2, 0.25) is 0 Å². The van der Waals surface area contributed by atoms with Crippen molar-refractivity contribution < 1.29 is 9.32 Å². The third kappa shape index (κ3) is 2.63. The van der Waals surface area contributed by atoms with Gasteiger partial charge in [-0.25, -0.2) is 4.98 Å². The number of anilines is 1. The number of nitrogens with one attached hydrogen (secondary N) is 1. The fourth-order valence-corrected chi connectivity index (χ4v) is 2.57. The van der Waals surface area contributed by atoms with E-state index in [1.54, 1.807) is 19.9 Å². The van der Waals surface area contributed by atoms with Crippen molar-refractivity contribution in [1.29, 1.82) is 0 Å². The van der Waals surface area contributed by atoms with Gasteiger partial charge >= 0.3 is 0 Å². The number of aromatic nitrogens is 5. The Hall–Kier alpha value is -3.55. The van der Waals surface area contributed by atoms with Crippen LogP contribution in [0.1, 0.15) is 21.9 Å². The lowest BCUT2D eigenvalue weighted by molar-refractivity contribution is 0.101. The fourth-order valence-electron chi connectivity index (χ4n) is 2.57. The maximum absolute atomic E-state index is 12.8. The molecule has 4 rings (SSSR count). The summed E-state index contributed by atoms with van der Waals surface area (Å²) in [7, 11) is 0. The van der Waals surface area contributed by atoms with Crippen LogP contribution >= 0.6 is 0 Å². The number of carbonyl (C=O) groups is 1. The molecule has 0 atom stereocenters. The van der Waals surface area contributed by atoms with Crippen molar-refractivity contribution in [3.63, 3.8) is 0 Å². The summed E-state index contributed by atoms with van der Waals surface area (Å²) in [6.45, 7) is 3.50. The predicted octanol–water partition coefficient (Wildman–Crippen LogP) is 2.65. The second-order valence-corrected chi connectivity index (χ2v) is 5.52. The van der Waals surface area contributed by atoms with E-state index in [9.17, 15) is 4.79 Å². The number of hydrogen-bond acceptors (Lipinski definition) is 6. The molecule has 0 aliphatic rings. The zero-order valence-corrected chi connectivity index (χ0v) is 13.6. The van der Waals surface area contributed by atoms with Crippen LogP contribution in [0.25, 0.3) is 17.0 Å². The van der Waals surface area contributed by atoms with E-state index in [-0.39, 0.29) is 5.91 Å². The highest BCUT2D eigenvalue weighted by Gasteiger charge is 2.19. The first-order chi connectivity index (χ1) is 12.1. The van der Waals surface area contributed by atoms with Crippen LogP contribution in [0, 0.1) is 13.8 Å². The van der Waals surface area contributed by atoms with Gasteiger partial charge in [0.05, 0.1) is 5.69 Å². The monoisotopic (exact) mass is 334 g/mol. The van der Waals surface area contributed by atoms with Crippen LogP contribution in [-0.4, -0.2) is 30.6 Å². The number of fused-ring (bicyclic) bond motifs is 1. The second kappa shape index (κ2) is 5.82. The van der Waals surface area contributed by atoms with E-state index in [1.807, 2.05) is 30.3 Å². The molecule has 0 bridgehead atoms. The topological polar surface area (TPSA) is 98.2 Å². The predicted molar refractivity (Wildman–Crippen MR) is 90.1 cm³/mol. The zero-order valence-electron chi connectivity index (χ0n) is 13.6. The van der Waals surface area contributed by atoms with Gasteiger partial charge in [0.1, 0.15) is 23.4 Å². The van der Waals surface area contributed by atoms with Crippen molar-refractivity contribution >= 4 is 17.4 Å². The van der Waals surface area contributed by atoms with Gasteiger partial charge in [-0.05, 0) is 19.9 Å². The van der Waals surface area contributed by atoms with Gasteiger partial charge in [-0.1, -0.05) is 35.5 Å². The summed E-state index contributed by atoms with van der Waals surface area (Å²) >= 11 is 0. The molecule has 0 saturated heterocycles. The van der Waals surface area contributed by atoms with Crippen LogP contribution in [0.5, 0.6) is 0 Å². The van der Waals surface area contributed by atoms with Gasteiger partial charge in [-0.3, -0.25) is 4.79 Å². The van der Waals surface area contributed by atoms with Crippen LogP contribution in [0.4, 0.5) is 5.69 Å². The molecular formula is C17H14N6O2. The highest BCUT2D eigenvalue weighted by atomic mass is 16.5. The maximum Gasteiger partial charge on any atom is 0.274 e. The van der Waals surface area contributed by atoms with E-state index in [4.69, 9.17) is 4.52 Å². The maximum atomic E-state index is 12.8. The lowest BCUT2D eigenvalue weighted by Crippen LogP contribution is -2.18. The second-order valence-electron chi connectivity index (χ2n) is 5.52. The molecule has 3 heterocycles.